The number of benzene rings is 1. The van der Waals surface area contributed by atoms with Crippen LogP contribution in [-0.2, 0) is 24.5 Å². The molecule has 0 spiro atoms. The van der Waals surface area contributed by atoms with Crippen molar-refractivity contribution in [3.05, 3.63) is 77.0 Å². The molecular formula is C28H34N6O. The third kappa shape index (κ3) is 4.52. The van der Waals surface area contributed by atoms with Gasteiger partial charge in [0.15, 0.2) is 5.65 Å². The molecule has 1 saturated heterocycles. The molecule has 3 aromatic heterocycles. The molecule has 4 heterocycles. The highest BCUT2D eigenvalue weighted by atomic mass is 16.3. The number of hydrogen-bond acceptors (Lipinski definition) is 6. The molecule has 0 saturated carbocycles. The largest absolute Gasteiger partial charge is 0.385 e. The standard InChI is InChI=1S/C28H34N6O/c1-19-6-7-22(27(2,3)4)16-20(19)17-23-24-25(30-18-33(24)5)32-26(31-23)34-14-10-28(35,11-15-34)21-8-12-29-13-9-21/h6-9,12-13,16,18,35H,10-11,14-15,17H2,1-5H3. The summed E-state index contributed by atoms with van der Waals surface area (Å²) >= 11 is 0. The Morgan fingerprint density at radius 3 is 2.43 bits per heavy atom. The van der Waals surface area contributed by atoms with Gasteiger partial charge in [0.2, 0.25) is 5.95 Å². The van der Waals surface area contributed by atoms with Crippen LogP contribution in [0.25, 0.3) is 11.2 Å². The normalized spacial score (nSPS) is 16.1. The molecule has 0 atom stereocenters. The molecule has 0 unspecified atom stereocenters. The Hall–Kier alpha value is -3.32. The summed E-state index contributed by atoms with van der Waals surface area (Å²) in [4.78, 5) is 20.7. The summed E-state index contributed by atoms with van der Waals surface area (Å²) in [5, 5.41) is 11.2. The zero-order valence-electron chi connectivity index (χ0n) is 21.3. The van der Waals surface area contributed by atoms with Gasteiger partial charge in [-0.25, -0.2) is 9.97 Å². The number of anilines is 1. The molecular weight excluding hydrogens is 436 g/mol. The average molecular weight is 471 g/mol. The fourth-order valence-electron chi connectivity index (χ4n) is 4.93. The van der Waals surface area contributed by atoms with E-state index < -0.39 is 5.60 Å². The van der Waals surface area contributed by atoms with Gasteiger partial charge in [0.1, 0.15) is 5.52 Å². The second-order valence-electron chi connectivity index (χ2n) is 10.8. The molecule has 0 aliphatic carbocycles. The van der Waals surface area contributed by atoms with Crippen LogP contribution >= 0.6 is 0 Å². The number of hydrogen-bond donors (Lipinski definition) is 1. The summed E-state index contributed by atoms with van der Waals surface area (Å²) in [6.07, 6.45) is 7.23. The number of aliphatic hydroxyl groups is 1. The van der Waals surface area contributed by atoms with Gasteiger partial charge in [-0.15, -0.1) is 0 Å². The predicted octanol–water partition coefficient (Wildman–Crippen LogP) is 4.44. The van der Waals surface area contributed by atoms with E-state index >= 15 is 0 Å². The van der Waals surface area contributed by atoms with Crippen molar-refractivity contribution in [2.75, 3.05) is 18.0 Å². The molecule has 35 heavy (non-hydrogen) atoms. The highest BCUT2D eigenvalue weighted by Gasteiger charge is 2.35. The minimum atomic E-state index is -0.845. The lowest BCUT2D eigenvalue weighted by Crippen LogP contribution is -2.43. The molecule has 1 aliphatic heterocycles. The number of pyridine rings is 1. The zero-order chi connectivity index (χ0) is 24.8. The highest BCUT2D eigenvalue weighted by Crippen LogP contribution is 2.34. The molecule has 0 amide bonds. The van der Waals surface area contributed by atoms with Crippen molar-refractivity contribution in [2.24, 2.45) is 7.05 Å². The van der Waals surface area contributed by atoms with Crippen LogP contribution in [0.2, 0.25) is 0 Å². The van der Waals surface area contributed by atoms with Crippen molar-refractivity contribution in [1.29, 1.82) is 0 Å². The predicted molar refractivity (Wildman–Crippen MR) is 139 cm³/mol. The lowest BCUT2D eigenvalue weighted by molar-refractivity contribution is 0.0114. The van der Waals surface area contributed by atoms with Gasteiger partial charge in [-0.1, -0.05) is 39.0 Å². The third-order valence-corrected chi connectivity index (χ3v) is 7.30. The lowest BCUT2D eigenvalue weighted by Gasteiger charge is -2.38. The Morgan fingerprint density at radius 1 is 1.03 bits per heavy atom. The zero-order valence-corrected chi connectivity index (χ0v) is 21.3. The maximum Gasteiger partial charge on any atom is 0.227 e. The van der Waals surface area contributed by atoms with E-state index in [0.717, 1.165) is 23.2 Å². The van der Waals surface area contributed by atoms with E-state index in [0.29, 0.717) is 37.5 Å². The lowest BCUT2D eigenvalue weighted by atomic mass is 9.84. The van der Waals surface area contributed by atoms with Crippen LogP contribution in [0.1, 0.15) is 61.6 Å². The number of aromatic nitrogens is 5. The van der Waals surface area contributed by atoms with Crippen LogP contribution in [0.15, 0.2) is 49.1 Å². The van der Waals surface area contributed by atoms with E-state index in [-0.39, 0.29) is 5.41 Å². The molecule has 1 fully saturated rings. The summed E-state index contributed by atoms with van der Waals surface area (Å²) in [6.45, 7) is 10.2. The smallest absolute Gasteiger partial charge is 0.227 e. The van der Waals surface area contributed by atoms with Crippen molar-refractivity contribution in [3.63, 3.8) is 0 Å². The van der Waals surface area contributed by atoms with Crippen molar-refractivity contribution < 1.29 is 5.11 Å². The van der Waals surface area contributed by atoms with Crippen LogP contribution < -0.4 is 4.90 Å². The van der Waals surface area contributed by atoms with Gasteiger partial charge >= 0.3 is 0 Å². The van der Waals surface area contributed by atoms with Crippen LogP contribution in [-0.4, -0.2) is 42.7 Å². The molecule has 5 rings (SSSR count). The van der Waals surface area contributed by atoms with E-state index in [1.54, 1.807) is 12.4 Å². The van der Waals surface area contributed by atoms with Crippen LogP contribution in [0.3, 0.4) is 0 Å². The summed E-state index contributed by atoms with van der Waals surface area (Å²) in [5.74, 6) is 0.688. The Labute approximate surface area is 206 Å². The molecule has 1 aliphatic rings. The van der Waals surface area contributed by atoms with E-state index in [1.807, 2.05) is 30.1 Å². The average Bonchev–Trinajstić information content (AvgIpc) is 3.21. The van der Waals surface area contributed by atoms with Gasteiger partial charge in [-0.05, 0) is 59.6 Å². The maximum absolute atomic E-state index is 11.2. The van der Waals surface area contributed by atoms with Gasteiger partial charge in [0, 0.05) is 39.0 Å². The van der Waals surface area contributed by atoms with Crippen molar-refractivity contribution >= 4 is 17.1 Å². The molecule has 0 radical (unpaired) electrons. The Morgan fingerprint density at radius 2 is 1.74 bits per heavy atom. The number of rotatable bonds is 4. The second-order valence-corrected chi connectivity index (χ2v) is 10.8. The number of imidazole rings is 1. The van der Waals surface area contributed by atoms with E-state index in [2.05, 4.69) is 60.8 Å². The van der Waals surface area contributed by atoms with Crippen molar-refractivity contribution in [1.82, 2.24) is 24.5 Å². The monoisotopic (exact) mass is 470 g/mol. The third-order valence-electron chi connectivity index (χ3n) is 7.30. The summed E-state index contributed by atoms with van der Waals surface area (Å²) in [7, 11) is 2.00. The first-order valence-corrected chi connectivity index (χ1v) is 12.3. The minimum Gasteiger partial charge on any atom is -0.385 e. The Kier molecular flexibility index (Phi) is 5.83. The van der Waals surface area contributed by atoms with E-state index in [9.17, 15) is 5.11 Å². The second kappa shape index (κ2) is 8.72. The van der Waals surface area contributed by atoms with Crippen LogP contribution in [0.5, 0.6) is 0 Å². The fraction of sp³-hybridized carbons (Fsp3) is 0.429. The minimum absolute atomic E-state index is 0.0839. The molecule has 7 heteroatoms. The number of aryl methyl sites for hydroxylation is 2. The van der Waals surface area contributed by atoms with Gasteiger partial charge in [-0.3, -0.25) is 4.98 Å². The molecule has 4 aromatic rings. The van der Waals surface area contributed by atoms with Gasteiger partial charge in [0.25, 0.3) is 0 Å². The van der Waals surface area contributed by atoms with Gasteiger partial charge < -0.3 is 14.6 Å². The number of nitrogens with zero attached hydrogens (tertiary/aromatic N) is 6. The molecule has 1 aromatic carbocycles. The Bertz CT molecular complexity index is 1350. The van der Waals surface area contributed by atoms with Gasteiger partial charge in [-0.2, -0.15) is 4.98 Å². The maximum atomic E-state index is 11.2. The Balaban J connectivity index is 1.47. The van der Waals surface area contributed by atoms with Crippen molar-refractivity contribution in [2.45, 2.75) is 58.0 Å². The summed E-state index contributed by atoms with van der Waals surface area (Å²) < 4.78 is 2.01. The first-order valence-electron chi connectivity index (χ1n) is 12.3. The highest BCUT2D eigenvalue weighted by molar-refractivity contribution is 5.75. The fourth-order valence-corrected chi connectivity index (χ4v) is 4.93. The van der Waals surface area contributed by atoms with Crippen LogP contribution in [0, 0.1) is 6.92 Å². The van der Waals surface area contributed by atoms with Crippen LogP contribution in [0.4, 0.5) is 5.95 Å². The SMILES string of the molecule is Cc1ccc(C(C)(C)C)cc1Cc1nc(N2CCC(O)(c3ccncc3)CC2)nc2ncn(C)c12. The van der Waals surface area contributed by atoms with E-state index in [4.69, 9.17) is 9.97 Å². The topological polar surface area (TPSA) is 80.0 Å². The van der Waals surface area contributed by atoms with Crippen molar-refractivity contribution in [3.8, 4) is 0 Å². The first-order chi connectivity index (χ1) is 16.6. The number of piperidine rings is 1. The quantitative estimate of drug-likeness (QED) is 0.475. The summed E-state index contributed by atoms with van der Waals surface area (Å²) in [6, 6.07) is 10.6. The summed E-state index contributed by atoms with van der Waals surface area (Å²) in [5.41, 5.74) is 6.68. The number of fused-ring (bicyclic) bond motifs is 1. The molecule has 7 nitrogen and oxygen atoms in total. The molecule has 0 bridgehead atoms. The first kappa shape index (κ1) is 23.4. The molecule has 182 valence electrons. The molecule has 1 N–H and O–H groups in total. The van der Waals surface area contributed by atoms with E-state index in [1.165, 1.54) is 16.7 Å². The van der Waals surface area contributed by atoms with Gasteiger partial charge in [0.05, 0.1) is 17.6 Å².